The summed E-state index contributed by atoms with van der Waals surface area (Å²) < 4.78 is 0. The quantitative estimate of drug-likeness (QED) is 0.697. The van der Waals surface area contributed by atoms with Gasteiger partial charge in [-0.3, -0.25) is 14.5 Å². The Bertz CT molecular complexity index is 855. The molecule has 0 spiro atoms. The zero-order valence-corrected chi connectivity index (χ0v) is 18.2. The van der Waals surface area contributed by atoms with E-state index < -0.39 is 0 Å². The van der Waals surface area contributed by atoms with Crippen LogP contribution < -0.4 is 10.2 Å². The van der Waals surface area contributed by atoms with E-state index in [4.69, 9.17) is 23.2 Å². The number of anilines is 2. The molecule has 0 aliphatic carbocycles. The number of likely N-dealkylation sites (N-methyl/N-ethyl adjacent to an activating group) is 1. The van der Waals surface area contributed by atoms with Crippen molar-refractivity contribution in [2.45, 2.75) is 6.92 Å². The number of rotatable bonds is 7. The molecule has 0 unspecified atom stereocenters. The van der Waals surface area contributed by atoms with E-state index in [1.54, 1.807) is 41.6 Å². The minimum absolute atomic E-state index is 0.00550. The van der Waals surface area contributed by atoms with Crippen LogP contribution in [0.1, 0.15) is 6.92 Å². The predicted octanol–water partition coefficient (Wildman–Crippen LogP) is 2.39. The summed E-state index contributed by atoms with van der Waals surface area (Å²) in [4.78, 5) is 39.3. The molecule has 1 fully saturated rings. The van der Waals surface area contributed by atoms with Crippen molar-refractivity contribution >= 4 is 46.7 Å². The molecule has 1 N–H and O–H groups in total. The Morgan fingerprint density at radius 2 is 1.67 bits per heavy atom. The molecule has 10 heteroatoms. The van der Waals surface area contributed by atoms with E-state index in [2.05, 4.69) is 20.2 Å². The second-order valence-electron chi connectivity index (χ2n) is 6.86. The molecule has 2 heterocycles. The molecule has 1 aromatic heterocycles. The number of para-hydroxylation sites is 1. The average Bonchev–Trinajstić information content (AvgIpc) is 2.76. The molecular formula is C20H24Cl2N6O2. The maximum atomic E-state index is 12.7. The van der Waals surface area contributed by atoms with Gasteiger partial charge in [-0.1, -0.05) is 36.2 Å². The van der Waals surface area contributed by atoms with Gasteiger partial charge in [0.15, 0.2) is 0 Å². The van der Waals surface area contributed by atoms with Crippen LogP contribution in [0.4, 0.5) is 11.6 Å². The predicted molar refractivity (Wildman–Crippen MR) is 118 cm³/mol. The third kappa shape index (κ3) is 5.81. The van der Waals surface area contributed by atoms with E-state index in [1.165, 1.54) is 0 Å². The van der Waals surface area contributed by atoms with Gasteiger partial charge >= 0.3 is 0 Å². The zero-order valence-electron chi connectivity index (χ0n) is 16.7. The van der Waals surface area contributed by atoms with Gasteiger partial charge in [-0.05, 0) is 24.7 Å². The van der Waals surface area contributed by atoms with Crippen molar-refractivity contribution in [3.63, 3.8) is 0 Å². The Kier molecular flexibility index (Phi) is 7.84. The molecule has 2 aromatic rings. The molecule has 0 atom stereocenters. The largest absolute Gasteiger partial charge is 0.338 e. The standard InChI is InChI=1S/C20H24Cl2N6O2/c1-2-26(13-17(29)25-19-15(21)5-3-6-16(19)22)14-18(30)27-9-11-28(12-10-27)20-23-7-4-8-24-20/h3-8H,2,9-14H2,1H3,(H,25,29). The van der Waals surface area contributed by atoms with Crippen molar-refractivity contribution in [3.8, 4) is 0 Å². The van der Waals surface area contributed by atoms with Gasteiger partial charge in [-0.25, -0.2) is 9.97 Å². The van der Waals surface area contributed by atoms with Crippen molar-refractivity contribution in [2.75, 3.05) is 56.0 Å². The molecule has 1 aliphatic rings. The lowest BCUT2D eigenvalue weighted by Crippen LogP contribution is -2.52. The number of aromatic nitrogens is 2. The van der Waals surface area contributed by atoms with Crippen molar-refractivity contribution in [1.82, 2.24) is 19.8 Å². The van der Waals surface area contributed by atoms with Gasteiger partial charge in [0.1, 0.15) is 0 Å². The van der Waals surface area contributed by atoms with Crippen LogP contribution in [0, 0.1) is 0 Å². The van der Waals surface area contributed by atoms with E-state index in [1.807, 2.05) is 11.8 Å². The molecule has 0 saturated carbocycles. The third-order valence-corrected chi connectivity index (χ3v) is 5.50. The Morgan fingerprint density at radius 1 is 1.03 bits per heavy atom. The molecule has 30 heavy (non-hydrogen) atoms. The van der Waals surface area contributed by atoms with Gasteiger partial charge in [-0.15, -0.1) is 0 Å². The van der Waals surface area contributed by atoms with Gasteiger partial charge in [0.25, 0.3) is 0 Å². The minimum atomic E-state index is -0.273. The second kappa shape index (κ2) is 10.6. The van der Waals surface area contributed by atoms with E-state index in [9.17, 15) is 9.59 Å². The van der Waals surface area contributed by atoms with Crippen LogP contribution >= 0.6 is 23.2 Å². The van der Waals surface area contributed by atoms with Crippen molar-refractivity contribution in [1.29, 1.82) is 0 Å². The number of nitrogens with zero attached hydrogens (tertiary/aromatic N) is 5. The highest BCUT2D eigenvalue weighted by molar-refractivity contribution is 6.39. The highest BCUT2D eigenvalue weighted by Crippen LogP contribution is 2.29. The summed E-state index contributed by atoms with van der Waals surface area (Å²) in [5.74, 6) is 0.398. The summed E-state index contributed by atoms with van der Waals surface area (Å²) in [7, 11) is 0. The van der Waals surface area contributed by atoms with Crippen LogP contribution in [-0.2, 0) is 9.59 Å². The number of carbonyl (C=O) groups is 2. The number of nitrogens with one attached hydrogen (secondary N) is 1. The zero-order chi connectivity index (χ0) is 21.5. The first-order chi connectivity index (χ1) is 14.5. The van der Waals surface area contributed by atoms with Gasteiger partial charge in [0.05, 0.1) is 28.8 Å². The van der Waals surface area contributed by atoms with E-state index in [0.717, 1.165) is 0 Å². The fourth-order valence-electron chi connectivity index (χ4n) is 3.18. The molecule has 3 rings (SSSR count). The lowest BCUT2D eigenvalue weighted by atomic mass is 10.3. The first-order valence-electron chi connectivity index (χ1n) is 9.74. The van der Waals surface area contributed by atoms with Crippen LogP contribution in [-0.4, -0.2) is 77.4 Å². The van der Waals surface area contributed by atoms with Gasteiger partial charge < -0.3 is 15.1 Å². The van der Waals surface area contributed by atoms with E-state index in [0.29, 0.717) is 54.4 Å². The molecule has 2 amide bonds. The van der Waals surface area contributed by atoms with E-state index in [-0.39, 0.29) is 24.9 Å². The Labute approximate surface area is 185 Å². The third-order valence-electron chi connectivity index (χ3n) is 4.87. The summed E-state index contributed by atoms with van der Waals surface area (Å²) in [6.45, 7) is 5.25. The Hall–Kier alpha value is -2.42. The maximum absolute atomic E-state index is 12.7. The molecule has 1 saturated heterocycles. The highest BCUT2D eigenvalue weighted by atomic mass is 35.5. The van der Waals surface area contributed by atoms with Crippen LogP contribution in [0.2, 0.25) is 10.0 Å². The molecular weight excluding hydrogens is 427 g/mol. The first kappa shape index (κ1) is 22.3. The summed E-state index contributed by atoms with van der Waals surface area (Å²) >= 11 is 12.2. The van der Waals surface area contributed by atoms with Crippen LogP contribution in [0.15, 0.2) is 36.7 Å². The number of benzene rings is 1. The van der Waals surface area contributed by atoms with Crippen LogP contribution in [0.3, 0.4) is 0 Å². The molecule has 8 nitrogen and oxygen atoms in total. The second-order valence-corrected chi connectivity index (χ2v) is 7.68. The van der Waals surface area contributed by atoms with Crippen molar-refractivity contribution in [2.24, 2.45) is 0 Å². The molecule has 1 aromatic carbocycles. The smallest absolute Gasteiger partial charge is 0.238 e. The lowest BCUT2D eigenvalue weighted by molar-refractivity contribution is -0.133. The fraction of sp³-hybridized carbons (Fsp3) is 0.400. The van der Waals surface area contributed by atoms with E-state index >= 15 is 0 Å². The minimum Gasteiger partial charge on any atom is -0.338 e. The number of carbonyl (C=O) groups excluding carboxylic acids is 2. The number of amides is 2. The van der Waals surface area contributed by atoms with Crippen molar-refractivity contribution < 1.29 is 9.59 Å². The number of piperazine rings is 1. The Balaban J connectivity index is 1.49. The summed E-state index contributed by atoms with van der Waals surface area (Å²) in [5.41, 5.74) is 0.382. The SMILES string of the molecule is CCN(CC(=O)Nc1c(Cl)cccc1Cl)CC(=O)N1CCN(c2ncccn2)CC1. The van der Waals surface area contributed by atoms with Crippen molar-refractivity contribution in [3.05, 3.63) is 46.7 Å². The molecule has 160 valence electrons. The van der Waals surface area contributed by atoms with Crippen LogP contribution in [0.5, 0.6) is 0 Å². The summed E-state index contributed by atoms with van der Waals surface area (Å²) in [6, 6.07) is 6.80. The lowest BCUT2D eigenvalue weighted by Gasteiger charge is -2.35. The first-order valence-corrected chi connectivity index (χ1v) is 10.5. The van der Waals surface area contributed by atoms with Gasteiger partial charge in [0, 0.05) is 38.6 Å². The number of hydrogen-bond donors (Lipinski definition) is 1. The monoisotopic (exact) mass is 450 g/mol. The summed E-state index contributed by atoms with van der Waals surface area (Å²) in [6.07, 6.45) is 3.42. The Morgan fingerprint density at radius 3 is 2.27 bits per heavy atom. The molecule has 0 radical (unpaired) electrons. The number of hydrogen-bond acceptors (Lipinski definition) is 6. The molecule has 1 aliphatic heterocycles. The van der Waals surface area contributed by atoms with Crippen LogP contribution in [0.25, 0.3) is 0 Å². The normalized spacial score (nSPS) is 14.1. The maximum Gasteiger partial charge on any atom is 0.238 e. The van der Waals surface area contributed by atoms with Gasteiger partial charge in [-0.2, -0.15) is 0 Å². The highest BCUT2D eigenvalue weighted by Gasteiger charge is 2.24. The fourth-order valence-corrected chi connectivity index (χ4v) is 3.67. The topological polar surface area (TPSA) is 81.7 Å². The van der Waals surface area contributed by atoms with Gasteiger partial charge in [0.2, 0.25) is 17.8 Å². The molecule has 0 bridgehead atoms. The average molecular weight is 451 g/mol. The summed E-state index contributed by atoms with van der Waals surface area (Å²) in [5, 5.41) is 3.47. The number of halogens is 2.